The molecule has 1 aromatic carbocycles. The Morgan fingerprint density at radius 1 is 1.11 bits per heavy atom. The van der Waals surface area contributed by atoms with Crippen LogP contribution in [0.25, 0.3) is 0 Å². The molecule has 1 aliphatic heterocycles. The van der Waals surface area contributed by atoms with Gasteiger partial charge in [0.25, 0.3) is 0 Å². The minimum absolute atomic E-state index is 0.177. The largest absolute Gasteiger partial charge is 0.459 e. The summed E-state index contributed by atoms with van der Waals surface area (Å²) in [6.45, 7) is 10.9. The second-order valence-corrected chi connectivity index (χ2v) is 8.72. The molecule has 1 heterocycles. The van der Waals surface area contributed by atoms with Crippen molar-refractivity contribution in [2.24, 2.45) is 0 Å². The smallest absolute Gasteiger partial charge is 0.338 e. The summed E-state index contributed by atoms with van der Waals surface area (Å²) in [7, 11) is 1.60. The number of hydrogen-bond acceptors (Lipinski definition) is 6. The lowest BCUT2D eigenvalue weighted by Gasteiger charge is -2.55. The number of methoxy groups -OCH3 is 1. The van der Waals surface area contributed by atoms with Crippen molar-refractivity contribution in [2.45, 2.75) is 70.7 Å². The fourth-order valence-corrected chi connectivity index (χ4v) is 4.35. The van der Waals surface area contributed by atoms with Crippen molar-refractivity contribution in [1.82, 2.24) is 4.90 Å². The molecule has 1 atom stereocenters. The molecular weight excluding hydrogens is 358 g/mol. The maximum Gasteiger partial charge on any atom is 0.338 e. The molecule has 0 aromatic heterocycles. The van der Waals surface area contributed by atoms with E-state index in [9.17, 15) is 9.59 Å². The van der Waals surface area contributed by atoms with Crippen molar-refractivity contribution in [3.63, 3.8) is 0 Å². The molecule has 1 fully saturated rings. The fraction of sp³-hybridized carbons (Fsp3) is 0.636. The Balaban J connectivity index is 2.11. The monoisotopic (exact) mass is 391 g/mol. The van der Waals surface area contributed by atoms with E-state index in [1.807, 2.05) is 18.2 Å². The summed E-state index contributed by atoms with van der Waals surface area (Å²) >= 11 is 0. The van der Waals surface area contributed by atoms with Crippen LogP contribution in [0.1, 0.15) is 57.8 Å². The van der Waals surface area contributed by atoms with Crippen LogP contribution in [0, 0.1) is 0 Å². The van der Waals surface area contributed by atoms with Crippen molar-refractivity contribution in [3.05, 3.63) is 35.9 Å². The summed E-state index contributed by atoms with van der Waals surface area (Å²) in [6.07, 6.45) is 0.886. The summed E-state index contributed by atoms with van der Waals surface area (Å²) in [6, 6.07) is 9.07. The van der Waals surface area contributed by atoms with Crippen LogP contribution in [-0.2, 0) is 19.0 Å². The molecule has 0 amide bonds. The molecule has 0 radical (unpaired) electrons. The van der Waals surface area contributed by atoms with E-state index in [0.717, 1.165) is 0 Å². The summed E-state index contributed by atoms with van der Waals surface area (Å²) in [4.78, 5) is 26.3. The Morgan fingerprint density at radius 2 is 1.68 bits per heavy atom. The average molecular weight is 392 g/mol. The van der Waals surface area contributed by atoms with Crippen molar-refractivity contribution >= 4 is 11.9 Å². The third-order valence-corrected chi connectivity index (χ3v) is 5.27. The number of carbonyl (C=O) groups excluding carboxylic acids is 2. The zero-order valence-corrected chi connectivity index (χ0v) is 17.9. The van der Waals surface area contributed by atoms with Gasteiger partial charge in [-0.25, -0.2) is 4.79 Å². The summed E-state index contributed by atoms with van der Waals surface area (Å²) < 4.78 is 16.5. The van der Waals surface area contributed by atoms with Gasteiger partial charge in [-0.2, -0.15) is 0 Å². The number of hydrogen-bond donors (Lipinski definition) is 0. The molecule has 2 rings (SSSR count). The molecule has 0 aliphatic carbocycles. The van der Waals surface area contributed by atoms with E-state index in [1.54, 1.807) is 19.2 Å². The number of likely N-dealkylation sites (tertiary alicyclic amines) is 1. The SMILES string of the molecule is COCC(CN1C(C)(C)CC(OC(=O)c2ccccc2)CC1(C)C)OC(C)=O. The van der Waals surface area contributed by atoms with Crippen molar-refractivity contribution < 1.29 is 23.8 Å². The second kappa shape index (κ2) is 9.05. The molecule has 6 nitrogen and oxygen atoms in total. The Bertz CT molecular complexity index is 653. The lowest BCUT2D eigenvalue weighted by Crippen LogP contribution is -2.64. The highest BCUT2D eigenvalue weighted by Gasteiger charge is 2.47. The topological polar surface area (TPSA) is 65.1 Å². The Morgan fingerprint density at radius 3 is 2.18 bits per heavy atom. The maximum absolute atomic E-state index is 12.5. The molecule has 1 saturated heterocycles. The second-order valence-electron chi connectivity index (χ2n) is 8.72. The van der Waals surface area contributed by atoms with Gasteiger partial charge in [-0.05, 0) is 39.8 Å². The first kappa shape index (κ1) is 22.4. The van der Waals surface area contributed by atoms with Crippen LogP contribution in [0.15, 0.2) is 30.3 Å². The zero-order chi connectivity index (χ0) is 20.9. The van der Waals surface area contributed by atoms with E-state index in [0.29, 0.717) is 31.6 Å². The van der Waals surface area contributed by atoms with Crippen LogP contribution in [0.4, 0.5) is 0 Å². The molecule has 156 valence electrons. The summed E-state index contributed by atoms with van der Waals surface area (Å²) in [5.41, 5.74) is 0.0842. The van der Waals surface area contributed by atoms with Crippen LogP contribution < -0.4 is 0 Å². The molecule has 0 spiro atoms. The van der Waals surface area contributed by atoms with Crippen molar-refractivity contribution in [3.8, 4) is 0 Å². The number of carbonyl (C=O) groups is 2. The fourth-order valence-electron chi connectivity index (χ4n) is 4.35. The molecule has 1 unspecified atom stereocenters. The number of rotatable bonds is 7. The van der Waals surface area contributed by atoms with Crippen LogP contribution in [0.3, 0.4) is 0 Å². The van der Waals surface area contributed by atoms with Crippen LogP contribution in [0.2, 0.25) is 0 Å². The first-order valence-corrected chi connectivity index (χ1v) is 9.75. The highest BCUT2D eigenvalue weighted by molar-refractivity contribution is 5.89. The maximum atomic E-state index is 12.5. The van der Waals surface area contributed by atoms with Gasteiger partial charge in [0, 0.05) is 44.5 Å². The zero-order valence-electron chi connectivity index (χ0n) is 17.9. The molecule has 1 aliphatic rings. The van der Waals surface area contributed by atoms with Crippen molar-refractivity contribution in [1.29, 1.82) is 0 Å². The molecule has 0 saturated carbocycles. The Hall–Kier alpha value is -1.92. The van der Waals surface area contributed by atoms with E-state index in [4.69, 9.17) is 14.2 Å². The van der Waals surface area contributed by atoms with Gasteiger partial charge in [0.1, 0.15) is 12.2 Å². The summed E-state index contributed by atoms with van der Waals surface area (Å²) in [5.74, 6) is -0.604. The van der Waals surface area contributed by atoms with Gasteiger partial charge in [0.05, 0.1) is 12.2 Å². The predicted molar refractivity (Wildman–Crippen MR) is 107 cm³/mol. The lowest BCUT2D eigenvalue weighted by molar-refractivity contribution is -0.157. The molecule has 0 N–H and O–H groups in total. The van der Waals surface area contributed by atoms with E-state index in [2.05, 4.69) is 32.6 Å². The lowest BCUT2D eigenvalue weighted by atomic mass is 9.77. The van der Waals surface area contributed by atoms with E-state index in [1.165, 1.54) is 6.92 Å². The predicted octanol–water partition coefficient (Wildman–Crippen LogP) is 3.44. The summed E-state index contributed by atoms with van der Waals surface area (Å²) in [5, 5.41) is 0. The number of piperidine rings is 1. The molecule has 0 bridgehead atoms. The van der Waals surface area contributed by atoms with Gasteiger partial charge in [0.15, 0.2) is 0 Å². The highest BCUT2D eigenvalue weighted by Crippen LogP contribution is 2.40. The minimum atomic E-state index is -0.343. The Kier molecular flexibility index (Phi) is 7.23. The quantitative estimate of drug-likeness (QED) is 0.664. The van der Waals surface area contributed by atoms with Gasteiger partial charge >= 0.3 is 11.9 Å². The standard InChI is InChI=1S/C22H33NO5/c1-16(24)27-19(15-26-6)14-23-21(2,3)12-18(13-22(23,4)5)28-20(25)17-10-8-7-9-11-17/h7-11,18-19H,12-15H2,1-6H3. The normalized spacial score (nSPS) is 20.4. The van der Waals surface area contributed by atoms with Crippen molar-refractivity contribution in [2.75, 3.05) is 20.3 Å². The number of nitrogens with zero attached hydrogens (tertiary/aromatic N) is 1. The first-order valence-electron chi connectivity index (χ1n) is 9.75. The average Bonchev–Trinajstić information content (AvgIpc) is 2.57. The van der Waals surface area contributed by atoms with E-state index < -0.39 is 0 Å². The minimum Gasteiger partial charge on any atom is -0.459 e. The number of ether oxygens (including phenoxy) is 3. The molecule has 28 heavy (non-hydrogen) atoms. The van der Waals surface area contributed by atoms with Gasteiger partial charge in [-0.15, -0.1) is 0 Å². The van der Waals surface area contributed by atoms with Crippen LogP contribution in [-0.4, -0.2) is 60.4 Å². The van der Waals surface area contributed by atoms with Crippen LogP contribution >= 0.6 is 0 Å². The van der Waals surface area contributed by atoms with E-state index in [-0.39, 0.29) is 35.2 Å². The number of esters is 2. The van der Waals surface area contributed by atoms with Gasteiger partial charge in [-0.1, -0.05) is 18.2 Å². The van der Waals surface area contributed by atoms with E-state index >= 15 is 0 Å². The highest BCUT2D eigenvalue weighted by atomic mass is 16.6. The molecular formula is C22H33NO5. The van der Waals surface area contributed by atoms with Gasteiger partial charge in [0.2, 0.25) is 0 Å². The molecule has 6 heteroatoms. The molecule has 1 aromatic rings. The van der Waals surface area contributed by atoms with Crippen LogP contribution in [0.5, 0.6) is 0 Å². The van der Waals surface area contributed by atoms with Gasteiger partial charge in [-0.3, -0.25) is 9.69 Å². The third-order valence-electron chi connectivity index (χ3n) is 5.27. The van der Waals surface area contributed by atoms with Gasteiger partial charge < -0.3 is 14.2 Å². The Labute approximate surface area is 168 Å². The first-order chi connectivity index (χ1) is 13.0. The number of benzene rings is 1. The third kappa shape index (κ3) is 5.79.